The number of carbonyl (C=O) groups is 1. The van der Waals surface area contributed by atoms with Crippen LogP contribution in [0.4, 0.5) is 10.5 Å². The Bertz CT molecular complexity index is 801. The van der Waals surface area contributed by atoms with Crippen LogP contribution >= 0.6 is 11.6 Å². The van der Waals surface area contributed by atoms with Gasteiger partial charge < -0.3 is 10.6 Å². The monoisotopic (exact) mass is 345 g/mol. The predicted molar refractivity (Wildman–Crippen MR) is 90.2 cm³/mol. The van der Waals surface area contributed by atoms with Gasteiger partial charge in [-0.25, -0.2) is 14.5 Å². The Morgan fingerprint density at radius 3 is 2.92 bits per heavy atom. The number of halogens is 1. The van der Waals surface area contributed by atoms with Crippen molar-refractivity contribution in [1.29, 1.82) is 0 Å². The van der Waals surface area contributed by atoms with E-state index in [2.05, 4.69) is 25.8 Å². The van der Waals surface area contributed by atoms with E-state index in [0.717, 1.165) is 5.69 Å². The fourth-order valence-corrected chi connectivity index (χ4v) is 2.49. The zero-order valence-corrected chi connectivity index (χ0v) is 13.7. The summed E-state index contributed by atoms with van der Waals surface area (Å²) in [5.41, 5.74) is 1.34. The molecule has 3 rings (SSSR count). The lowest BCUT2D eigenvalue weighted by Gasteiger charge is -2.15. The highest BCUT2D eigenvalue weighted by molar-refractivity contribution is 6.32. The fraction of sp³-hybridized carbons (Fsp3) is 0.200. The van der Waals surface area contributed by atoms with Crippen LogP contribution in [-0.4, -0.2) is 36.6 Å². The minimum absolute atomic E-state index is 0.106. The predicted octanol–water partition coefficient (Wildman–Crippen LogP) is 2.33. The first kappa shape index (κ1) is 16.0. The molecule has 0 spiro atoms. The van der Waals surface area contributed by atoms with Crippen LogP contribution in [0.1, 0.15) is 6.92 Å². The third kappa shape index (κ3) is 3.90. The maximum absolute atomic E-state index is 12.0. The summed E-state index contributed by atoms with van der Waals surface area (Å²) in [5, 5.41) is 14.2. The second kappa shape index (κ2) is 7.14. The van der Waals surface area contributed by atoms with Gasteiger partial charge in [-0.05, 0) is 31.2 Å². The summed E-state index contributed by atoms with van der Waals surface area (Å²) in [7, 11) is 0. The maximum Gasteiger partial charge on any atom is 0.319 e. The Kier molecular flexibility index (Phi) is 4.76. The van der Waals surface area contributed by atoms with Crippen LogP contribution in [0.3, 0.4) is 0 Å². The van der Waals surface area contributed by atoms with Crippen molar-refractivity contribution in [1.82, 2.24) is 29.9 Å². The Hall–Kier alpha value is -2.87. The molecule has 2 heterocycles. The average Bonchev–Trinajstić information content (AvgIpc) is 3.20. The van der Waals surface area contributed by atoms with Crippen LogP contribution in [-0.2, 0) is 6.54 Å². The standard InChI is InChI=1S/C15H16ClN7O/c1-11(8-22-10-17-9-19-22)20-15(24)21-12-3-4-14(13(16)7-12)23-6-2-5-18-23/h2-7,9-11H,8H2,1H3,(H2,20,21,24)/t11-/m1/s1. The molecule has 0 fully saturated rings. The Morgan fingerprint density at radius 2 is 2.25 bits per heavy atom. The zero-order valence-electron chi connectivity index (χ0n) is 12.9. The highest BCUT2D eigenvalue weighted by atomic mass is 35.5. The molecule has 2 N–H and O–H groups in total. The summed E-state index contributed by atoms with van der Waals surface area (Å²) in [6, 6.07) is 6.64. The molecule has 8 nitrogen and oxygen atoms in total. The van der Waals surface area contributed by atoms with Crippen molar-refractivity contribution >= 4 is 23.3 Å². The van der Waals surface area contributed by atoms with Crippen molar-refractivity contribution in [3.8, 4) is 5.69 Å². The number of nitrogens with zero attached hydrogens (tertiary/aromatic N) is 5. The van der Waals surface area contributed by atoms with Crippen molar-refractivity contribution in [2.75, 3.05) is 5.32 Å². The maximum atomic E-state index is 12.0. The Balaban J connectivity index is 1.59. The molecule has 1 atom stereocenters. The molecule has 0 aliphatic rings. The number of benzene rings is 1. The minimum Gasteiger partial charge on any atom is -0.334 e. The molecule has 0 saturated heterocycles. The van der Waals surface area contributed by atoms with Gasteiger partial charge in [0.2, 0.25) is 0 Å². The van der Waals surface area contributed by atoms with Gasteiger partial charge in [0.25, 0.3) is 0 Å². The molecule has 0 radical (unpaired) electrons. The summed E-state index contributed by atoms with van der Waals surface area (Å²) in [6.45, 7) is 2.42. The number of urea groups is 1. The third-order valence-corrected chi connectivity index (χ3v) is 3.56. The van der Waals surface area contributed by atoms with E-state index >= 15 is 0 Å². The Labute approximate surface area is 143 Å². The summed E-state index contributed by atoms with van der Waals surface area (Å²) in [4.78, 5) is 15.9. The lowest BCUT2D eigenvalue weighted by Crippen LogP contribution is -2.38. The second-order valence-corrected chi connectivity index (χ2v) is 5.64. The largest absolute Gasteiger partial charge is 0.334 e. The van der Waals surface area contributed by atoms with E-state index in [9.17, 15) is 4.79 Å². The van der Waals surface area contributed by atoms with E-state index in [4.69, 9.17) is 11.6 Å². The number of carbonyl (C=O) groups excluding carboxylic acids is 1. The van der Waals surface area contributed by atoms with Gasteiger partial charge in [-0.15, -0.1) is 0 Å². The lowest BCUT2D eigenvalue weighted by atomic mass is 10.3. The molecule has 0 aliphatic carbocycles. The van der Waals surface area contributed by atoms with Gasteiger partial charge in [0.1, 0.15) is 12.7 Å². The number of nitrogens with one attached hydrogen (secondary N) is 2. The molecule has 0 unspecified atom stereocenters. The van der Waals surface area contributed by atoms with Gasteiger partial charge in [0, 0.05) is 24.1 Å². The van der Waals surface area contributed by atoms with Crippen LogP contribution in [0.25, 0.3) is 5.69 Å². The summed E-state index contributed by atoms with van der Waals surface area (Å²) in [6.07, 6.45) is 6.53. The molecule has 24 heavy (non-hydrogen) atoms. The van der Waals surface area contributed by atoms with E-state index in [1.807, 2.05) is 13.0 Å². The van der Waals surface area contributed by atoms with Gasteiger partial charge >= 0.3 is 6.03 Å². The van der Waals surface area contributed by atoms with Gasteiger partial charge in [0.05, 0.1) is 17.3 Å². The molecular weight excluding hydrogens is 330 g/mol. The number of aromatic nitrogens is 5. The van der Waals surface area contributed by atoms with Gasteiger partial charge in [-0.1, -0.05) is 11.6 Å². The van der Waals surface area contributed by atoms with Crippen LogP contribution in [0.5, 0.6) is 0 Å². The first-order chi connectivity index (χ1) is 11.6. The third-order valence-electron chi connectivity index (χ3n) is 3.26. The molecule has 2 aromatic heterocycles. The number of rotatable bonds is 5. The number of anilines is 1. The topological polar surface area (TPSA) is 89.7 Å². The molecule has 0 aliphatic heterocycles. The highest BCUT2D eigenvalue weighted by Crippen LogP contribution is 2.23. The van der Waals surface area contributed by atoms with Gasteiger partial charge in [-0.2, -0.15) is 10.2 Å². The Morgan fingerprint density at radius 1 is 1.38 bits per heavy atom. The summed E-state index contributed by atoms with van der Waals surface area (Å²) < 4.78 is 3.31. The molecule has 124 valence electrons. The van der Waals surface area contributed by atoms with Crippen LogP contribution in [0.2, 0.25) is 5.02 Å². The lowest BCUT2D eigenvalue weighted by molar-refractivity contribution is 0.247. The van der Waals surface area contributed by atoms with Crippen molar-refractivity contribution in [2.45, 2.75) is 19.5 Å². The average molecular weight is 346 g/mol. The molecule has 3 aromatic rings. The van der Waals surface area contributed by atoms with E-state index < -0.39 is 0 Å². The van der Waals surface area contributed by atoms with E-state index in [1.54, 1.807) is 46.3 Å². The smallest absolute Gasteiger partial charge is 0.319 e. The molecule has 9 heteroatoms. The van der Waals surface area contributed by atoms with Crippen LogP contribution in [0.15, 0.2) is 49.3 Å². The molecule has 1 aromatic carbocycles. The van der Waals surface area contributed by atoms with Crippen LogP contribution in [0, 0.1) is 0 Å². The molecule has 0 bridgehead atoms. The van der Waals surface area contributed by atoms with E-state index in [-0.39, 0.29) is 12.1 Å². The number of hydrogen-bond acceptors (Lipinski definition) is 4. The molecule has 0 saturated carbocycles. The minimum atomic E-state index is -0.314. The molecular formula is C15H16ClN7O. The van der Waals surface area contributed by atoms with Crippen molar-refractivity contribution in [3.05, 3.63) is 54.3 Å². The number of amides is 2. The zero-order chi connectivity index (χ0) is 16.9. The van der Waals surface area contributed by atoms with Crippen molar-refractivity contribution < 1.29 is 4.79 Å². The summed E-state index contributed by atoms with van der Waals surface area (Å²) in [5.74, 6) is 0. The second-order valence-electron chi connectivity index (χ2n) is 5.23. The normalized spacial score (nSPS) is 11.9. The van der Waals surface area contributed by atoms with Gasteiger partial charge in [-0.3, -0.25) is 4.68 Å². The van der Waals surface area contributed by atoms with E-state index in [1.165, 1.54) is 6.33 Å². The van der Waals surface area contributed by atoms with Crippen molar-refractivity contribution in [3.63, 3.8) is 0 Å². The number of hydrogen-bond donors (Lipinski definition) is 2. The first-order valence-electron chi connectivity index (χ1n) is 7.31. The highest BCUT2D eigenvalue weighted by Gasteiger charge is 2.10. The first-order valence-corrected chi connectivity index (χ1v) is 7.69. The van der Waals surface area contributed by atoms with Crippen LogP contribution < -0.4 is 10.6 Å². The van der Waals surface area contributed by atoms with Crippen molar-refractivity contribution in [2.24, 2.45) is 0 Å². The fourth-order valence-electron chi connectivity index (χ4n) is 2.23. The van der Waals surface area contributed by atoms with E-state index in [0.29, 0.717) is 17.3 Å². The summed E-state index contributed by atoms with van der Waals surface area (Å²) >= 11 is 6.25. The SMILES string of the molecule is C[C@H](Cn1cncn1)NC(=O)Nc1ccc(-n2cccn2)c(Cl)c1. The molecule has 2 amide bonds. The quantitative estimate of drug-likeness (QED) is 0.742. The van der Waals surface area contributed by atoms with Gasteiger partial charge in [0.15, 0.2) is 0 Å².